The average molecular weight is 196 g/mol. The third-order valence-electron chi connectivity index (χ3n) is 3.22. The summed E-state index contributed by atoms with van der Waals surface area (Å²) in [6, 6.07) is 0. The normalized spacial score (nSPS) is 25.9. The molecule has 0 aliphatic carbocycles. The lowest BCUT2D eigenvalue weighted by atomic mass is 9.72. The van der Waals surface area contributed by atoms with Crippen LogP contribution in [0.5, 0.6) is 0 Å². The van der Waals surface area contributed by atoms with Gasteiger partial charge in [-0.1, -0.05) is 6.92 Å². The van der Waals surface area contributed by atoms with Gasteiger partial charge >= 0.3 is 0 Å². The SMILES string of the molecule is CCCN1CC2(C1)CN(CC(C)=O)C2. The van der Waals surface area contributed by atoms with E-state index in [9.17, 15) is 4.79 Å². The van der Waals surface area contributed by atoms with Crippen LogP contribution in [0, 0.1) is 5.41 Å². The number of carbonyl (C=O) groups is 1. The molecule has 0 unspecified atom stereocenters. The van der Waals surface area contributed by atoms with Gasteiger partial charge in [-0.25, -0.2) is 0 Å². The van der Waals surface area contributed by atoms with Crippen LogP contribution in [0.1, 0.15) is 20.3 Å². The highest BCUT2D eigenvalue weighted by molar-refractivity contribution is 5.77. The number of nitrogens with zero attached hydrogens (tertiary/aromatic N) is 2. The van der Waals surface area contributed by atoms with Crippen molar-refractivity contribution in [3.8, 4) is 0 Å². The summed E-state index contributed by atoms with van der Waals surface area (Å²) in [5, 5.41) is 0. The molecule has 2 saturated heterocycles. The smallest absolute Gasteiger partial charge is 0.143 e. The first kappa shape index (κ1) is 10.1. The van der Waals surface area contributed by atoms with E-state index >= 15 is 0 Å². The highest BCUT2D eigenvalue weighted by atomic mass is 16.1. The first-order chi connectivity index (χ1) is 6.63. The molecule has 3 nitrogen and oxygen atoms in total. The van der Waals surface area contributed by atoms with Crippen LogP contribution in [0.25, 0.3) is 0 Å². The van der Waals surface area contributed by atoms with E-state index < -0.39 is 0 Å². The molecule has 2 heterocycles. The Morgan fingerprint density at radius 2 is 1.79 bits per heavy atom. The highest BCUT2D eigenvalue weighted by Crippen LogP contribution is 2.39. The van der Waals surface area contributed by atoms with Crippen LogP contribution in [0.4, 0.5) is 0 Å². The molecular formula is C11H20N2O. The molecular weight excluding hydrogens is 176 g/mol. The Morgan fingerprint density at radius 3 is 2.29 bits per heavy atom. The summed E-state index contributed by atoms with van der Waals surface area (Å²) in [5.74, 6) is 0.296. The molecule has 0 bridgehead atoms. The van der Waals surface area contributed by atoms with Crippen LogP contribution in [-0.2, 0) is 4.79 Å². The Labute approximate surface area is 86.1 Å². The fourth-order valence-corrected chi connectivity index (χ4v) is 2.91. The molecule has 3 heteroatoms. The third-order valence-corrected chi connectivity index (χ3v) is 3.22. The Bertz CT molecular complexity index is 225. The molecule has 2 aliphatic heterocycles. The Hall–Kier alpha value is -0.410. The largest absolute Gasteiger partial charge is 0.302 e. The predicted molar refractivity (Wildman–Crippen MR) is 56.3 cm³/mol. The van der Waals surface area contributed by atoms with Gasteiger partial charge in [-0.2, -0.15) is 0 Å². The minimum atomic E-state index is 0.296. The summed E-state index contributed by atoms with van der Waals surface area (Å²) < 4.78 is 0. The van der Waals surface area contributed by atoms with Crippen molar-refractivity contribution in [1.82, 2.24) is 9.80 Å². The van der Waals surface area contributed by atoms with Crippen molar-refractivity contribution in [3.63, 3.8) is 0 Å². The van der Waals surface area contributed by atoms with Gasteiger partial charge in [0.25, 0.3) is 0 Å². The molecule has 0 amide bonds. The van der Waals surface area contributed by atoms with Crippen molar-refractivity contribution >= 4 is 5.78 Å². The second-order valence-electron chi connectivity index (χ2n) is 5.06. The lowest BCUT2D eigenvalue weighted by molar-refractivity contribution is -0.133. The zero-order valence-corrected chi connectivity index (χ0v) is 9.25. The third kappa shape index (κ3) is 1.84. The number of carbonyl (C=O) groups excluding carboxylic acids is 1. The Balaban J connectivity index is 1.66. The van der Waals surface area contributed by atoms with Crippen molar-refractivity contribution in [3.05, 3.63) is 0 Å². The van der Waals surface area contributed by atoms with Crippen LogP contribution in [0.3, 0.4) is 0 Å². The molecule has 80 valence electrons. The average Bonchev–Trinajstić information content (AvgIpc) is 1.95. The van der Waals surface area contributed by atoms with Crippen molar-refractivity contribution in [2.24, 2.45) is 5.41 Å². The Morgan fingerprint density at radius 1 is 1.21 bits per heavy atom. The maximum Gasteiger partial charge on any atom is 0.143 e. The summed E-state index contributed by atoms with van der Waals surface area (Å²) in [5.41, 5.74) is 0.574. The molecule has 0 saturated carbocycles. The monoisotopic (exact) mass is 196 g/mol. The summed E-state index contributed by atoms with van der Waals surface area (Å²) in [7, 11) is 0. The van der Waals surface area contributed by atoms with Gasteiger partial charge in [-0.15, -0.1) is 0 Å². The van der Waals surface area contributed by atoms with Crippen LogP contribution in [-0.4, -0.2) is 54.9 Å². The fraction of sp³-hybridized carbons (Fsp3) is 0.909. The number of hydrogen-bond donors (Lipinski definition) is 0. The summed E-state index contributed by atoms with van der Waals surface area (Å²) >= 11 is 0. The molecule has 0 aromatic heterocycles. The summed E-state index contributed by atoms with van der Waals surface area (Å²) in [6.07, 6.45) is 1.26. The second-order valence-corrected chi connectivity index (χ2v) is 5.06. The molecule has 0 aromatic rings. The molecule has 0 radical (unpaired) electrons. The van der Waals surface area contributed by atoms with E-state index in [-0.39, 0.29) is 0 Å². The molecule has 0 aromatic carbocycles. The van der Waals surface area contributed by atoms with Crippen molar-refractivity contribution in [2.75, 3.05) is 39.3 Å². The maximum absolute atomic E-state index is 10.9. The van der Waals surface area contributed by atoms with E-state index in [1.165, 1.54) is 26.1 Å². The molecule has 0 atom stereocenters. The van der Waals surface area contributed by atoms with Gasteiger partial charge in [-0.05, 0) is 19.9 Å². The second kappa shape index (κ2) is 3.63. The lowest BCUT2D eigenvalue weighted by Crippen LogP contribution is -2.72. The molecule has 2 aliphatic rings. The van der Waals surface area contributed by atoms with Gasteiger partial charge in [0.15, 0.2) is 0 Å². The van der Waals surface area contributed by atoms with E-state index in [4.69, 9.17) is 0 Å². The standard InChI is InChI=1S/C11H20N2O/c1-3-4-12-6-11(7-12)8-13(9-11)5-10(2)14/h3-9H2,1-2H3. The molecule has 1 spiro atoms. The van der Waals surface area contributed by atoms with Crippen LogP contribution in [0.15, 0.2) is 0 Å². The first-order valence-corrected chi connectivity index (χ1v) is 5.58. The zero-order chi connectivity index (χ0) is 10.2. The van der Waals surface area contributed by atoms with Crippen molar-refractivity contribution in [2.45, 2.75) is 20.3 Å². The van der Waals surface area contributed by atoms with Gasteiger partial charge in [0.05, 0.1) is 6.54 Å². The number of ketones is 1. The first-order valence-electron chi connectivity index (χ1n) is 5.58. The Kier molecular flexibility index (Phi) is 2.62. The van der Waals surface area contributed by atoms with Crippen LogP contribution < -0.4 is 0 Å². The van der Waals surface area contributed by atoms with Crippen molar-refractivity contribution < 1.29 is 4.79 Å². The van der Waals surface area contributed by atoms with E-state index in [2.05, 4.69) is 16.7 Å². The zero-order valence-electron chi connectivity index (χ0n) is 9.25. The van der Waals surface area contributed by atoms with E-state index in [0.717, 1.165) is 13.1 Å². The van der Waals surface area contributed by atoms with Crippen LogP contribution in [0.2, 0.25) is 0 Å². The number of rotatable bonds is 4. The summed E-state index contributed by atoms with van der Waals surface area (Å²) in [6.45, 7) is 10.6. The molecule has 0 N–H and O–H groups in total. The predicted octanol–water partition coefficient (Wildman–Crippen LogP) is 0.603. The quantitative estimate of drug-likeness (QED) is 0.658. The fourth-order valence-electron chi connectivity index (χ4n) is 2.91. The molecule has 14 heavy (non-hydrogen) atoms. The number of Topliss-reactive ketones (excluding diaryl/α,β-unsaturated/α-hetero) is 1. The lowest BCUT2D eigenvalue weighted by Gasteiger charge is -2.60. The number of likely N-dealkylation sites (tertiary alicyclic amines) is 2. The highest BCUT2D eigenvalue weighted by Gasteiger charge is 2.50. The van der Waals surface area contributed by atoms with Gasteiger partial charge in [0.1, 0.15) is 5.78 Å². The number of hydrogen-bond acceptors (Lipinski definition) is 3. The summed E-state index contributed by atoms with van der Waals surface area (Å²) in [4.78, 5) is 15.7. The van der Waals surface area contributed by atoms with E-state index in [0.29, 0.717) is 17.7 Å². The van der Waals surface area contributed by atoms with Gasteiger partial charge in [-0.3, -0.25) is 9.69 Å². The van der Waals surface area contributed by atoms with E-state index in [1.807, 2.05) is 0 Å². The molecule has 2 rings (SSSR count). The van der Waals surface area contributed by atoms with Gasteiger partial charge in [0.2, 0.25) is 0 Å². The minimum absolute atomic E-state index is 0.296. The molecule has 2 fully saturated rings. The van der Waals surface area contributed by atoms with Crippen LogP contribution >= 0.6 is 0 Å². The van der Waals surface area contributed by atoms with E-state index in [1.54, 1.807) is 6.92 Å². The van der Waals surface area contributed by atoms with Gasteiger partial charge in [0, 0.05) is 31.6 Å². The minimum Gasteiger partial charge on any atom is -0.302 e. The van der Waals surface area contributed by atoms with Crippen molar-refractivity contribution in [1.29, 1.82) is 0 Å². The maximum atomic E-state index is 10.9. The topological polar surface area (TPSA) is 23.6 Å². The van der Waals surface area contributed by atoms with Gasteiger partial charge < -0.3 is 4.90 Å².